The highest BCUT2D eigenvalue weighted by molar-refractivity contribution is 6.25. The van der Waals surface area contributed by atoms with Gasteiger partial charge in [-0.05, 0) is 90.5 Å². The number of hydrogen-bond donors (Lipinski definition) is 0. The van der Waals surface area contributed by atoms with E-state index in [4.69, 9.17) is 0 Å². The molecule has 218 valence electrons. The van der Waals surface area contributed by atoms with Crippen molar-refractivity contribution in [2.45, 2.75) is 19.3 Å². The maximum absolute atomic E-state index is 2.47. The fourth-order valence-corrected chi connectivity index (χ4v) is 7.82. The van der Waals surface area contributed by atoms with Crippen molar-refractivity contribution in [2.75, 3.05) is 4.90 Å². The number of hydrogen-bond acceptors (Lipinski definition) is 1. The molecule has 0 atom stereocenters. The SMILES string of the molecule is CC1(C)c2ccccc2-c2c(N(c3ccc(-c4ccccc4)cc3)c3ccc4c5ccccc5c5ccccc5c4c3)cccc21. The first-order valence-corrected chi connectivity index (χ1v) is 16.1. The van der Waals surface area contributed by atoms with Crippen molar-refractivity contribution in [3.8, 4) is 22.3 Å². The lowest BCUT2D eigenvalue weighted by atomic mass is 9.82. The van der Waals surface area contributed by atoms with Gasteiger partial charge in [-0.1, -0.05) is 147 Å². The standard InChI is InChI=1S/C45H33N/c1-45(2)41-20-11-10-19-39(41)44-42(45)21-12-22-43(44)46(32-25-23-31(24-26-32)30-13-4-3-5-14-30)33-27-28-38-36-17-7-6-15-34(36)35-16-8-9-18-37(35)40(38)29-33/h3-29H,1-2H3. The third-order valence-electron chi connectivity index (χ3n) is 10.0. The average molecular weight is 588 g/mol. The van der Waals surface area contributed by atoms with E-state index >= 15 is 0 Å². The largest absolute Gasteiger partial charge is 0.310 e. The minimum Gasteiger partial charge on any atom is -0.310 e. The molecule has 9 rings (SSSR count). The zero-order valence-electron chi connectivity index (χ0n) is 26.0. The highest BCUT2D eigenvalue weighted by Crippen LogP contribution is 2.54. The van der Waals surface area contributed by atoms with Gasteiger partial charge in [0.05, 0.1) is 5.69 Å². The smallest absolute Gasteiger partial charge is 0.0543 e. The monoisotopic (exact) mass is 587 g/mol. The van der Waals surface area contributed by atoms with Gasteiger partial charge in [0, 0.05) is 22.4 Å². The second-order valence-corrected chi connectivity index (χ2v) is 12.9. The van der Waals surface area contributed by atoms with Crippen LogP contribution in [0.1, 0.15) is 25.0 Å². The van der Waals surface area contributed by atoms with E-state index in [-0.39, 0.29) is 5.41 Å². The zero-order valence-corrected chi connectivity index (χ0v) is 26.0. The van der Waals surface area contributed by atoms with Crippen LogP contribution in [0, 0.1) is 0 Å². The molecule has 0 aromatic heterocycles. The van der Waals surface area contributed by atoms with E-state index in [1.54, 1.807) is 0 Å². The number of rotatable bonds is 4. The number of benzene rings is 8. The molecule has 0 saturated carbocycles. The molecule has 0 aliphatic heterocycles. The van der Waals surface area contributed by atoms with Gasteiger partial charge in [0.25, 0.3) is 0 Å². The minimum absolute atomic E-state index is 0.0801. The topological polar surface area (TPSA) is 3.24 Å². The lowest BCUT2D eigenvalue weighted by Crippen LogP contribution is -2.16. The van der Waals surface area contributed by atoms with Gasteiger partial charge in [0.15, 0.2) is 0 Å². The summed E-state index contributed by atoms with van der Waals surface area (Å²) in [6, 6.07) is 60.1. The second kappa shape index (κ2) is 10.2. The van der Waals surface area contributed by atoms with Gasteiger partial charge >= 0.3 is 0 Å². The molecule has 0 unspecified atom stereocenters. The van der Waals surface area contributed by atoms with Crippen molar-refractivity contribution in [1.29, 1.82) is 0 Å². The van der Waals surface area contributed by atoms with Gasteiger partial charge in [-0.2, -0.15) is 0 Å². The summed E-state index contributed by atoms with van der Waals surface area (Å²) in [7, 11) is 0. The summed E-state index contributed by atoms with van der Waals surface area (Å²) < 4.78 is 0. The molecule has 46 heavy (non-hydrogen) atoms. The molecule has 1 heteroatoms. The molecule has 0 N–H and O–H groups in total. The summed E-state index contributed by atoms with van der Waals surface area (Å²) in [4.78, 5) is 2.47. The molecule has 0 radical (unpaired) electrons. The maximum Gasteiger partial charge on any atom is 0.0543 e. The molecule has 1 nitrogen and oxygen atoms in total. The van der Waals surface area contributed by atoms with E-state index in [0.29, 0.717) is 0 Å². The summed E-state index contributed by atoms with van der Waals surface area (Å²) in [6.07, 6.45) is 0. The van der Waals surface area contributed by atoms with Gasteiger partial charge in [0.1, 0.15) is 0 Å². The van der Waals surface area contributed by atoms with Crippen molar-refractivity contribution in [2.24, 2.45) is 0 Å². The van der Waals surface area contributed by atoms with Crippen molar-refractivity contribution in [3.63, 3.8) is 0 Å². The normalized spacial score (nSPS) is 13.2. The van der Waals surface area contributed by atoms with E-state index in [1.165, 1.54) is 71.4 Å². The molecule has 8 aromatic rings. The Morgan fingerprint density at radius 2 is 0.913 bits per heavy atom. The molecule has 0 bridgehead atoms. The van der Waals surface area contributed by atoms with Crippen LogP contribution in [-0.4, -0.2) is 0 Å². The lowest BCUT2D eigenvalue weighted by molar-refractivity contribution is 0.660. The van der Waals surface area contributed by atoms with Crippen molar-refractivity contribution >= 4 is 49.4 Å². The average Bonchev–Trinajstić information content (AvgIpc) is 3.36. The Labute approximate surface area is 270 Å². The van der Waals surface area contributed by atoms with Crippen LogP contribution in [0.25, 0.3) is 54.6 Å². The predicted molar refractivity (Wildman–Crippen MR) is 197 cm³/mol. The van der Waals surface area contributed by atoms with Crippen LogP contribution in [0.4, 0.5) is 17.1 Å². The van der Waals surface area contributed by atoms with E-state index in [1.807, 2.05) is 0 Å². The molecular formula is C45H33N. The Hall–Kier alpha value is -5.66. The van der Waals surface area contributed by atoms with Crippen molar-refractivity contribution in [3.05, 3.63) is 175 Å². The quantitative estimate of drug-likeness (QED) is 0.185. The van der Waals surface area contributed by atoms with Gasteiger partial charge in [-0.25, -0.2) is 0 Å². The molecule has 0 saturated heterocycles. The summed E-state index contributed by atoms with van der Waals surface area (Å²) in [6.45, 7) is 4.71. The summed E-state index contributed by atoms with van der Waals surface area (Å²) in [5, 5.41) is 7.71. The first kappa shape index (κ1) is 26.7. The lowest BCUT2D eigenvalue weighted by Gasteiger charge is -2.29. The summed E-state index contributed by atoms with van der Waals surface area (Å²) in [5.74, 6) is 0. The predicted octanol–water partition coefficient (Wildman–Crippen LogP) is 12.6. The van der Waals surface area contributed by atoms with Crippen molar-refractivity contribution < 1.29 is 0 Å². The third-order valence-corrected chi connectivity index (χ3v) is 10.0. The van der Waals surface area contributed by atoms with E-state index in [2.05, 4.69) is 183 Å². The first-order valence-electron chi connectivity index (χ1n) is 16.1. The van der Waals surface area contributed by atoms with Crippen LogP contribution >= 0.6 is 0 Å². The van der Waals surface area contributed by atoms with E-state index in [0.717, 1.165) is 11.4 Å². The van der Waals surface area contributed by atoms with Gasteiger partial charge in [-0.15, -0.1) is 0 Å². The Kier molecular flexibility index (Phi) is 5.92. The second-order valence-electron chi connectivity index (χ2n) is 12.9. The Balaban J connectivity index is 1.32. The van der Waals surface area contributed by atoms with Crippen LogP contribution < -0.4 is 4.90 Å². The first-order chi connectivity index (χ1) is 22.6. The Morgan fingerprint density at radius 3 is 1.61 bits per heavy atom. The van der Waals surface area contributed by atoms with Crippen LogP contribution in [0.2, 0.25) is 0 Å². The fourth-order valence-electron chi connectivity index (χ4n) is 7.82. The van der Waals surface area contributed by atoms with Crippen LogP contribution in [-0.2, 0) is 5.41 Å². The van der Waals surface area contributed by atoms with Crippen LogP contribution in [0.15, 0.2) is 164 Å². The number of anilines is 3. The molecule has 0 fully saturated rings. The molecule has 1 aliphatic rings. The maximum atomic E-state index is 2.47. The van der Waals surface area contributed by atoms with Gasteiger partial charge < -0.3 is 4.90 Å². The highest BCUT2D eigenvalue weighted by atomic mass is 15.1. The van der Waals surface area contributed by atoms with Crippen LogP contribution in [0.5, 0.6) is 0 Å². The minimum atomic E-state index is -0.0801. The molecular weight excluding hydrogens is 555 g/mol. The molecule has 0 spiro atoms. The molecule has 0 amide bonds. The van der Waals surface area contributed by atoms with Crippen LogP contribution in [0.3, 0.4) is 0 Å². The number of fused-ring (bicyclic) bond motifs is 9. The molecule has 8 aromatic carbocycles. The van der Waals surface area contributed by atoms with Crippen molar-refractivity contribution in [1.82, 2.24) is 0 Å². The summed E-state index contributed by atoms with van der Waals surface area (Å²) >= 11 is 0. The molecule has 0 heterocycles. The number of nitrogens with zero attached hydrogens (tertiary/aromatic N) is 1. The molecule has 1 aliphatic carbocycles. The fraction of sp³-hybridized carbons (Fsp3) is 0.0667. The summed E-state index contributed by atoms with van der Waals surface area (Å²) in [5.41, 5.74) is 11.2. The third kappa shape index (κ3) is 3.95. The van der Waals surface area contributed by atoms with E-state index < -0.39 is 0 Å². The zero-order chi connectivity index (χ0) is 30.8. The van der Waals surface area contributed by atoms with Gasteiger partial charge in [-0.3, -0.25) is 0 Å². The Bertz CT molecular complexity index is 2400. The highest BCUT2D eigenvalue weighted by Gasteiger charge is 2.37. The van der Waals surface area contributed by atoms with Gasteiger partial charge in [0.2, 0.25) is 0 Å². The Morgan fingerprint density at radius 1 is 0.391 bits per heavy atom. The van der Waals surface area contributed by atoms with E-state index in [9.17, 15) is 0 Å².